The van der Waals surface area contributed by atoms with Crippen LogP contribution in [0.2, 0.25) is 0 Å². The van der Waals surface area contributed by atoms with Crippen LogP contribution in [0, 0.1) is 0 Å². The van der Waals surface area contributed by atoms with Crippen molar-refractivity contribution in [3.8, 4) is 0 Å². The second-order valence-corrected chi connectivity index (χ2v) is 6.43. The van der Waals surface area contributed by atoms with Gasteiger partial charge in [-0.1, -0.05) is 50.1 Å². The summed E-state index contributed by atoms with van der Waals surface area (Å²) >= 11 is 0. The lowest BCUT2D eigenvalue weighted by molar-refractivity contribution is -0.150. The first kappa shape index (κ1) is 18.9. The summed E-state index contributed by atoms with van der Waals surface area (Å²) in [5, 5.41) is 0. The predicted octanol–water partition coefficient (Wildman–Crippen LogP) is 3.92. The van der Waals surface area contributed by atoms with Crippen LogP contribution in [-0.4, -0.2) is 38.0 Å². The fourth-order valence-corrected chi connectivity index (χ4v) is 2.62. The standard InChI is InChI=1S/C20H30O4/c1-2-3-15-23-19(21)20(17-24-20)13-8-5-9-14-22-16-12-18-10-6-4-7-11-18/h4,6-7,10-11H,2-3,5,8-9,12-17H2,1H3. The topological polar surface area (TPSA) is 48.1 Å². The van der Waals surface area contributed by atoms with Crippen LogP contribution in [0.15, 0.2) is 30.3 Å². The van der Waals surface area contributed by atoms with E-state index in [2.05, 4.69) is 31.2 Å². The lowest BCUT2D eigenvalue weighted by Crippen LogP contribution is -2.27. The highest BCUT2D eigenvalue weighted by Gasteiger charge is 2.52. The second-order valence-electron chi connectivity index (χ2n) is 6.43. The van der Waals surface area contributed by atoms with Crippen molar-refractivity contribution in [1.29, 1.82) is 0 Å². The van der Waals surface area contributed by atoms with Gasteiger partial charge >= 0.3 is 5.97 Å². The van der Waals surface area contributed by atoms with Crippen molar-refractivity contribution < 1.29 is 19.0 Å². The van der Waals surface area contributed by atoms with Gasteiger partial charge in [-0.05, 0) is 37.7 Å². The van der Waals surface area contributed by atoms with Crippen molar-refractivity contribution >= 4 is 5.97 Å². The van der Waals surface area contributed by atoms with E-state index in [9.17, 15) is 4.79 Å². The summed E-state index contributed by atoms with van der Waals surface area (Å²) in [5.74, 6) is -0.171. The number of epoxide rings is 1. The van der Waals surface area contributed by atoms with Gasteiger partial charge in [-0.2, -0.15) is 0 Å². The maximum absolute atomic E-state index is 12.0. The molecule has 1 aliphatic rings. The first-order valence-corrected chi connectivity index (χ1v) is 9.20. The molecule has 4 nitrogen and oxygen atoms in total. The Bertz CT molecular complexity index is 468. The average Bonchev–Trinajstić information content (AvgIpc) is 3.39. The maximum Gasteiger partial charge on any atom is 0.340 e. The molecule has 0 bridgehead atoms. The number of unbranched alkanes of at least 4 members (excludes halogenated alkanes) is 3. The second kappa shape index (κ2) is 10.5. The third kappa shape index (κ3) is 6.62. The highest BCUT2D eigenvalue weighted by atomic mass is 16.6. The van der Waals surface area contributed by atoms with E-state index in [1.54, 1.807) is 0 Å². The molecule has 0 spiro atoms. The van der Waals surface area contributed by atoms with Crippen molar-refractivity contribution in [3.63, 3.8) is 0 Å². The third-order valence-electron chi connectivity index (χ3n) is 4.34. The van der Waals surface area contributed by atoms with Crippen molar-refractivity contribution in [2.24, 2.45) is 0 Å². The maximum atomic E-state index is 12.0. The van der Waals surface area contributed by atoms with E-state index in [1.807, 2.05) is 6.07 Å². The van der Waals surface area contributed by atoms with Gasteiger partial charge < -0.3 is 14.2 Å². The van der Waals surface area contributed by atoms with Crippen LogP contribution < -0.4 is 0 Å². The summed E-state index contributed by atoms with van der Waals surface area (Å²) < 4.78 is 16.3. The number of hydrogen-bond donors (Lipinski definition) is 0. The van der Waals surface area contributed by atoms with Gasteiger partial charge in [-0.25, -0.2) is 4.79 Å². The summed E-state index contributed by atoms with van der Waals surface area (Å²) in [7, 11) is 0. The Hall–Kier alpha value is -1.39. The van der Waals surface area contributed by atoms with Crippen LogP contribution in [0.3, 0.4) is 0 Å². The molecule has 1 unspecified atom stereocenters. The average molecular weight is 334 g/mol. The molecule has 2 rings (SSSR count). The molecule has 1 atom stereocenters. The molecular formula is C20H30O4. The van der Waals surface area contributed by atoms with Crippen LogP contribution >= 0.6 is 0 Å². The Labute approximate surface area is 145 Å². The molecule has 1 aromatic rings. The fraction of sp³-hybridized carbons (Fsp3) is 0.650. The summed E-state index contributed by atoms with van der Waals surface area (Å²) in [5.41, 5.74) is 0.689. The molecule has 1 aliphatic heterocycles. The van der Waals surface area contributed by atoms with Crippen molar-refractivity contribution in [2.75, 3.05) is 26.4 Å². The summed E-state index contributed by atoms with van der Waals surface area (Å²) in [6.45, 7) is 4.66. The molecule has 1 saturated heterocycles. The molecule has 24 heavy (non-hydrogen) atoms. The lowest BCUT2D eigenvalue weighted by Gasteiger charge is -2.11. The van der Waals surface area contributed by atoms with Gasteiger partial charge in [0, 0.05) is 6.61 Å². The lowest BCUT2D eigenvalue weighted by atomic mass is 10.0. The molecule has 0 aromatic heterocycles. The molecular weight excluding hydrogens is 304 g/mol. The number of hydrogen-bond acceptors (Lipinski definition) is 4. The van der Waals surface area contributed by atoms with E-state index in [1.165, 1.54) is 5.56 Å². The normalized spacial score (nSPS) is 19.2. The minimum Gasteiger partial charge on any atom is -0.463 e. The molecule has 1 fully saturated rings. The Morgan fingerprint density at radius 2 is 1.88 bits per heavy atom. The van der Waals surface area contributed by atoms with E-state index in [-0.39, 0.29) is 5.97 Å². The number of carbonyl (C=O) groups excluding carboxylic acids is 1. The zero-order valence-electron chi connectivity index (χ0n) is 14.8. The molecule has 0 aliphatic carbocycles. The van der Waals surface area contributed by atoms with E-state index < -0.39 is 5.60 Å². The molecule has 1 aromatic carbocycles. The third-order valence-corrected chi connectivity index (χ3v) is 4.34. The smallest absolute Gasteiger partial charge is 0.340 e. The van der Waals surface area contributed by atoms with Crippen LogP contribution in [0.25, 0.3) is 0 Å². The minimum atomic E-state index is -0.623. The minimum absolute atomic E-state index is 0.171. The van der Waals surface area contributed by atoms with Crippen LogP contribution in [0.4, 0.5) is 0 Å². The number of carbonyl (C=O) groups is 1. The van der Waals surface area contributed by atoms with Crippen LogP contribution in [0.1, 0.15) is 51.0 Å². The number of ether oxygens (including phenoxy) is 3. The fourth-order valence-electron chi connectivity index (χ4n) is 2.62. The molecule has 0 saturated carbocycles. The van der Waals surface area contributed by atoms with Crippen molar-refractivity contribution in [1.82, 2.24) is 0 Å². The molecule has 0 radical (unpaired) electrons. The van der Waals surface area contributed by atoms with E-state index in [0.29, 0.717) is 13.2 Å². The van der Waals surface area contributed by atoms with Gasteiger partial charge in [0.05, 0.1) is 19.8 Å². The van der Waals surface area contributed by atoms with Gasteiger partial charge in [0.2, 0.25) is 0 Å². The first-order valence-electron chi connectivity index (χ1n) is 9.20. The number of rotatable bonds is 13. The van der Waals surface area contributed by atoms with E-state index in [4.69, 9.17) is 14.2 Å². The molecule has 134 valence electrons. The summed E-state index contributed by atoms with van der Waals surface area (Å²) in [6.07, 6.45) is 6.73. The largest absolute Gasteiger partial charge is 0.463 e. The quantitative estimate of drug-likeness (QED) is 0.312. The zero-order chi connectivity index (χ0) is 17.1. The highest BCUT2D eigenvalue weighted by molar-refractivity contribution is 5.82. The molecule has 0 amide bonds. The van der Waals surface area contributed by atoms with Gasteiger partial charge in [0.1, 0.15) is 0 Å². The molecule has 1 heterocycles. The monoisotopic (exact) mass is 334 g/mol. The summed E-state index contributed by atoms with van der Waals surface area (Å²) in [4.78, 5) is 12.0. The van der Waals surface area contributed by atoms with Gasteiger partial charge in [0.15, 0.2) is 5.60 Å². The number of benzene rings is 1. The summed E-state index contributed by atoms with van der Waals surface area (Å²) in [6, 6.07) is 10.4. The SMILES string of the molecule is CCCCOC(=O)C1(CCCCCOCCc2ccccc2)CO1. The highest BCUT2D eigenvalue weighted by Crippen LogP contribution is 2.34. The van der Waals surface area contributed by atoms with Crippen LogP contribution in [0.5, 0.6) is 0 Å². The Morgan fingerprint density at radius 3 is 2.58 bits per heavy atom. The van der Waals surface area contributed by atoms with Gasteiger partial charge in [-0.3, -0.25) is 0 Å². The van der Waals surface area contributed by atoms with E-state index in [0.717, 1.165) is 58.2 Å². The van der Waals surface area contributed by atoms with Crippen molar-refractivity contribution in [3.05, 3.63) is 35.9 Å². The predicted molar refractivity (Wildman–Crippen MR) is 94.0 cm³/mol. The Balaban J connectivity index is 1.45. The Kier molecular flexibility index (Phi) is 8.26. The number of esters is 1. The van der Waals surface area contributed by atoms with Crippen LogP contribution in [-0.2, 0) is 25.4 Å². The van der Waals surface area contributed by atoms with Gasteiger partial charge in [0.25, 0.3) is 0 Å². The Morgan fingerprint density at radius 1 is 1.08 bits per heavy atom. The van der Waals surface area contributed by atoms with E-state index >= 15 is 0 Å². The molecule has 0 N–H and O–H groups in total. The van der Waals surface area contributed by atoms with Crippen molar-refractivity contribution in [2.45, 2.75) is 57.5 Å². The van der Waals surface area contributed by atoms with Gasteiger partial charge in [-0.15, -0.1) is 0 Å². The molecule has 4 heteroatoms. The zero-order valence-corrected chi connectivity index (χ0v) is 14.8. The first-order chi connectivity index (χ1) is 11.8.